The number of piperidine rings is 1. The van der Waals surface area contributed by atoms with Crippen LogP contribution in [-0.2, 0) is 4.79 Å². The van der Waals surface area contributed by atoms with Crippen molar-refractivity contribution >= 4 is 5.97 Å². The third-order valence-electron chi connectivity index (χ3n) is 2.16. The van der Waals surface area contributed by atoms with Gasteiger partial charge in [0.05, 0.1) is 11.8 Å². The molecule has 0 unspecified atom stereocenters. The number of nitrogens with one attached hydrogen (secondary N) is 1. The van der Waals surface area contributed by atoms with Gasteiger partial charge in [-0.1, -0.05) is 0 Å². The van der Waals surface area contributed by atoms with Crippen molar-refractivity contribution in [2.45, 2.75) is 12.6 Å². The number of carboxylic acid groups (broad SMARTS) is 1. The van der Waals surface area contributed by atoms with Crippen molar-refractivity contribution in [2.75, 3.05) is 13.1 Å². The Labute approximate surface area is 72.9 Å². The second kappa shape index (κ2) is 3.53. The molecule has 1 rings (SSSR count). The van der Waals surface area contributed by atoms with Crippen molar-refractivity contribution in [1.82, 2.24) is 5.32 Å². The predicted octanol–water partition coefficient (Wildman–Crippen LogP) is 0.859. The zero-order valence-electron chi connectivity index (χ0n) is 6.77. The van der Waals surface area contributed by atoms with Gasteiger partial charge in [0.1, 0.15) is 0 Å². The van der Waals surface area contributed by atoms with Gasteiger partial charge in [-0.2, -0.15) is 13.2 Å². The summed E-state index contributed by atoms with van der Waals surface area (Å²) >= 11 is 0. The topological polar surface area (TPSA) is 49.3 Å². The molecule has 1 fully saturated rings. The van der Waals surface area contributed by atoms with Crippen molar-refractivity contribution in [3.63, 3.8) is 0 Å². The SMILES string of the molecule is O=C(O)[C@@H]1CNC[C@@H](C(F)(F)F)C1. The Bertz CT molecular complexity index is 204. The molecule has 2 N–H and O–H groups in total. The van der Waals surface area contributed by atoms with Gasteiger partial charge in [-0.25, -0.2) is 0 Å². The minimum Gasteiger partial charge on any atom is -0.481 e. The molecule has 1 heterocycles. The van der Waals surface area contributed by atoms with Gasteiger partial charge in [-0.3, -0.25) is 4.79 Å². The summed E-state index contributed by atoms with van der Waals surface area (Å²) in [5.74, 6) is -3.61. The molecule has 0 saturated carbocycles. The first kappa shape index (κ1) is 10.3. The third-order valence-corrected chi connectivity index (χ3v) is 2.16. The van der Waals surface area contributed by atoms with Crippen molar-refractivity contribution in [1.29, 1.82) is 0 Å². The van der Waals surface area contributed by atoms with Crippen LogP contribution in [0.1, 0.15) is 6.42 Å². The van der Waals surface area contributed by atoms with E-state index in [1.165, 1.54) is 0 Å². The molecule has 0 spiro atoms. The molecule has 0 aromatic rings. The van der Waals surface area contributed by atoms with Crippen LogP contribution in [0.25, 0.3) is 0 Å². The highest BCUT2D eigenvalue weighted by Crippen LogP contribution is 2.32. The van der Waals surface area contributed by atoms with Crippen LogP contribution in [0.2, 0.25) is 0 Å². The number of rotatable bonds is 1. The van der Waals surface area contributed by atoms with E-state index in [4.69, 9.17) is 5.11 Å². The predicted molar refractivity (Wildman–Crippen MR) is 38.2 cm³/mol. The molecule has 0 bridgehead atoms. The Hall–Kier alpha value is -0.780. The summed E-state index contributed by atoms with van der Waals surface area (Å²) in [7, 11) is 0. The van der Waals surface area contributed by atoms with E-state index in [1.54, 1.807) is 0 Å². The van der Waals surface area contributed by atoms with Gasteiger partial charge in [0.2, 0.25) is 0 Å². The minimum atomic E-state index is -4.29. The smallest absolute Gasteiger partial charge is 0.393 e. The molecule has 76 valence electrons. The third kappa shape index (κ3) is 2.58. The molecule has 13 heavy (non-hydrogen) atoms. The molecular formula is C7H10F3NO2. The van der Waals surface area contributed by atoms with E-state index in [2.05, 4.69) is 5.32 Å². The van der Waals surface area contributed by atoms with Crippen molar-refractivity contribution in [2.24, 2.45) is 11.8 Å². The molecule has 0 aromatic carbocycles. The first-order chi connectivity index (χ1) is 5.91. The number of hydrogen-bond acceptors (Lipinski definition) is 2. The van der Waals surface area contributed by atoms with Gasteiger partial charge in [-0.05, 0) is 6.42 Å². The second-order valence-electron chi connectivity index (χ2n) is 3.17. The molecule has 1 aliphatic heterocycles. The first-order valence-corrected chi connectivity index (χ1v) is 3.91. The Morgan fingerprint density at radius 2 is 2.00 bits per heavy atom. The summed E-state index contributed by atoms with van der Waals surface area (Å²) in [5.41, 5.74) is 0. The summed E-state index contributed by atoms with van der Waals surface area (Å²) < 4.78 is 36.4. The van der Waals surface area contributed by atoms with E-state index in [0.29, 0.717) is 0 Å². The van der Waals surface area contributed by atoms with Crippen LogP contribution >= 0.6 is 0 Å². The van der Waals surface area contributed by atoms with Crippen LogP contribution in [0.3, 0.4) is 0 Å². The van der Waals surface area contributed by atoms with Crippen LogP contribution in [0.15, 0.2) is 0 Å². The maximum atomic E-state index is 12.1. The number of halogens is 3. The van der Waals surface area contributed by atoms with Gasteiger partial charge in [0, 0.05) is 13.1 Å². The molecule has 0 aromatic heterocycles. The Kier molecular flexibility index (Phi) is 2.80. The van der Waals surface area contributed by atoms with E-state index in [0.717, 1.165) is 0 Å². The van der Waals surface area contributed by atoms with Crippen LogP contribution in [0, 0.1) is 11.8 Å². The van der Waals surface area contributed by atoms with Crippen LogP contribution in [0.5, 0.6) is 0 Å². The fraction of sp³-hybridized carbons (Fsp3) is 0.857. The molecule has 0 aliphatic carbocycles. The molecule has 0 radical (unpaired) electrons. The van der Waals surface area contributed by atoms with Gasteiger partial charge < -0.3 is 10.4 Å². The van der Waals surface area contributed by atoms with E-state index in [-0.39, 0.29) is 19.5 Å². The average molecular weight is 197 g/mol. The van der Waals surface area contributed by atoms with Crippen molar-refractivity contribution in [3.05, 3.63) is 0 Å². The highest BCUT2D eigenvalue weighted by Gasteiger charge is 2.43. The summed E-state index contributed by atoms with van der Waals surface area (Å²) in [6.45, 7) is -0.0464. The number of alkyl halides is 3. The zero-order valence-corrected chi connectivity index (χ0v) is 6.77. The Morgan fingerprint density at radius 1 is 1.38 bits per heavy atom. The van der Waals surface area contributed by atoms with E-state index >= 15 is 0 Å². The largest absolute Gasteiger partial charge is 0.481 e. The number of carbonyl (C=O) groups is 1. The van der Waals surface area contributed by atoms with Gasteiger partial charge in [-0.15, -0.1) is 0 Å². The maximum Gasteiger partial charge on any atom is 0.393 e. The zero-order chi connectivity index (χ0) is 10.1. The lowest BCUT2D eigenvalue weighted by molar-refractivity contribution is -0.184. The Morgan fingerprint density at radius 3 is 2.46 bits per heavy atom. The molecule has 2 atom stereocenters. The van der Waals surface area contributed by atoms with E-state index in [1.807, 2.05) is 0 Å². The first-order valence-electron chi connectivity index (χ1n) is 3.91. The highest BCUT2D eigenvalue weighted by atomic mass is 19.4. The standard InChI is InChI=1S/C7H10F3NO2/c8-7(9,10)5-1-4(6(12)13)2-11-3-5/h4-5,11H,1-3H2,(H,12,13)/t4-,5-/m0/s1. The summed E-state index contributed by atoms with van der Waals surface area (Å²) in [4.78, 5) is 10.4. The van der Waals surface area contributed by atoms with Crippen LogP contribution < -0.4 is 5.32 Å². The molecular weight excluding hydrogens is 187 g/mol. The number of hydrogen-bond donors (Lipinski definition) is 2. The summed E-state index contributed by atoms with van der Waals surface area (Å²) in [5, 5.41) is 11.0. The summed E-state index contributed by atoms with van der Waals surface area (Å²) in [6, 6.07) is 0. The summed E-state index contributed by atoms with van der Waals surface area (Å²) in [6.07, 6.45) is -4.60. The number of carboxylic acids is 1. The quantitative estimate of drug-likeness (QED) is 0.655. The number of aliphatic carboxylic acids is 1. The second-order valence-corrected chi connectivity index (χ2v) is 3.17. The fourth-order valence-corrected chi connectivity index (χ4v) is 1.38. The maximum absolute atomic E-state index is 12.1. The van der Waals surface area contributed by atoms with Crippen molar-refractivity contribution in [3.8, 4) is 0 Å². The average Bonchev–Trinajstić information content (AvgIpc) is 2.03. The van der Waals surface area contributed by atoms with E-state index < -0.39 is 24.0 Å². The van der Waals surface area contributed by atoms with Gasteiger partial charge >= 0.3 is 12.1 Å². The fourth-order valence-electron chi connectivity index (χ4n) is 1.38. The Balaban J connectivity index is 2.57. The minimum absolute atomic E-state index is 0.127. The van der Waals surface area contributed by atoms with Crippen LogP contribution in [-0.4, -0.2) is 30.3 Å². The van der Waals surface area contributed by atoms with E-state index in [9.17, 15) is 18.0 Å². The van der Waals surface area contributed by atoms with Gasteiger partial charge in [0.25, 0.3) is 0 Å². The normalized spacial score (nSPS) is 30.1. The highest BCUT2D eigenvalue weighted by molar-refractivity contribution is 5.70. The van der Waals surface area contributed by atoms with Crippen LogP contribution in [0.4, 0.5) is 13.2 Å². The molecule has 1 aliphatic rings. The lowest BCUT2D eigenvalue weighted by Gasteiger charge is -2.28. The molecule has 6 heteroatoms. The lowest BCUT2D eigenvalue weighted by atomic mass is 9.90. The van der Waals surface area contributed by atoms with Gasteiger partial charge in [0.15, 0.2) is 0 Å². The monoisotopic (exact) mass is 197 g/mol. The molecule has 1 saturated heterocycles. The molecule has 3 nitrogen and oxygen atoms in total. The molecule has 0 amide bonds. The lowest BCUT2D eigenvalue weighted by Crippen LogP contribution is -2.45. The van der Waals surface area contributed by atoms with Crippen molar-refractivity contribution < 1.29 is 23.1 Å².